The fraction of sp³-hybridized carbons (Fsp3) is 0.158. The van der Waals surface area contributed by atoms with Crippen LogP contribution in [0.5, 0.6) is 0 Å². The monoisotopic (exact) mass is 354 g/mol. The SMILES string of the molecule is Cc1ccccc1NC(=S)Nc1cc(C)n(Cc2ccccc2F)n1. The molecule has 128 valence electrons. The quantitative estimate of drug-likeness (QED) is 0.677. The van der Waals surface area contributed by atoms with Crippen LogP contribution in [-0.4, -0.2) is 14.9 Å². The van der Waals surface area contributed by atoms with Crippen molar-refractivity contribution in [1.82, 2.24) is 9.78 Å². The van der Waals surface area contributed by atoms with Crippen molar-refractivity contribution in [1.29, 1.82) is 0 Å². The fourth-order valence-electron chi connectivity index (χ4n) is 2.50. The Kier molecular flexibility index (Phi) is 5.09. The van der Waals surface area contributed by atoms with E-state index in [4.69, 9.17) is 12.2 Å². The summed E-state index contributed by atoms with van der Waals surface area (Å²) in [4.78, 5) is 0. The van der Waals surface area contributed by atoms with Crippen LogP contribution < -0.4 is 10.6 Å². The first-order valence-electron chi connectivity index (χ1n) is 7.94. The van der Waals surface area contributed by atoms with Gasteiger partial charge >= 0.3 is 0 Å². The summed E-state index contributed by atoms with van der Waals surface area (Å²) in [5.41, 5.74) is 3.57. The minimum Gasteiger partial charge on any atom is -0.332 e. The lowest BCUT2D eigenvalue weighted by Gasteiger charge is -2.10. The van der Waals surface area contributed by atoms with Gasteiger partial charge in [0.2, 0.25) is 0 Å². The number of nitrogens with one attached hydrogen (secondary N) is 2. The Morgan fingerprint density at radius 3 is 2.56 bits per heavy atom. The molecule has 0 saturated heterocycles. The molecule has 6 heteroatoms. The van der Waals surface area contributed by atoms with Crippen LogP contribution in [0.1, 0.15) is 16.8 Å². The average Bonchev–Trinajstić information content (AvgIpc) is 2.91. The third-order valence-corrected chi connectivity index (χ3v) is 4.10. The Bertz CT molecular complexity index is 904. The Hall–Kier alpha value is -2.73. The predicted molar refractivity (Wildman–Crippen MR) is 103 cm³/mol. The van der Waals surface area contributed by atoms with Crippen LogP contribution in [0.2, 0.25) is 0 Å². The number of aromatic nitrogens is 2. The molecule has 2 aromatic carbocycles. The van der Waals surface area contributed by atoms with Crippen molar-refractivity contribution in [3.05, 3.63) is 77.2 Å². The van der Waals surface area contributed by atoms with E-state index in [2.05, 4.69) is 15.7 Å². The fourth-order valence-corrected chi connectivity index (χ4v) is 2.72. The predicted octanol–water partition coefficient (Wildman–Crippen LogP) is 4.50. The van der Waals surface area contributed by atoms with Crippen molar-refractivity contribution in [3.8, 4) is 0 Å². The second kappa shape index (κ2) is 7.44. The van der Waals surface area contributed by atoms with Gasteiger partial charge in [0.05, 0.1) is 6.54 Å². The van der Waals surface area contributed by atoms with E-state index >= 15 is 0 Å². The number of halogens is 1. The molecule has 2 N–H and O–H groups in total. The van der Waals surface area contributed by atoms with E-state index in [0.29, 0.717) is 23.0 Å². The molecule has 1 heterocycles. The maximum Gasteiger partial charge on any atom is 0.176 e. The summed E-state index contributed by atoms with van der Waals surface area (Å²) in [7, 11) is 0. The molecule has 0 saturated carbocycles. The number of hydrogen-bond donors (Lipinski definition) is 2. The minimum atomic E-state index is -0.233. The molecular formula is C19H19FN4S. The lowest BCUT2D eigenvalue weighted by molar-refractivity contribution is 0.581. The van der Waals surface area contributed by atoms with E-state index in [9.17, 15) is 4.39 Å². The largest absolute Gasteiger partial charge is 0.332 e. The molecule has 0 unspecified atom stereocenters. The average molecular weight is 354 g/mol. The molecule has 0 spiro atoms. The van der Waals surface area contributed by atoms with Crippen LogP contribution >= 0.6 is 12.2 Å². The molecule has 0 aliphatic carbocycles. The van der Waals surface area contributed by atoms with Crippen molar-refractivity contribution >= 4 is 28.8 Å². The molecule has 0 aliphatic rings. The maximum absolute atomic E-state index is 13.8. The highest BCUT2D eigenvalue weighted by Crippen LogP contribution is 2.16. The number of para-hydroxylation sites is 1. The van der Waals surface area contributed by atoms with Gasteiger partial charge in [0.1, 0.15) is 5.82 Å². The summed E-state index contributed by atoms with van der Waals surface area (Å²) in [6, 6.07) is 16.5. The summed E-state index contributed by atoms with van der Waals surface area (Å²) in [6.07, 6.45) is 0. The number of rotatable bonds is 4. The lowest BCUT2D eigenvalue weighted by Crippen LogP contribution is -2.20. The summed E-state index contributed by atoms with van der Waals surface area (Å²) in [5, 5.41) is 11.2. The Morgan fingerprint density at radius 2 is 1.80 bits per heavy atom. The molecule has 3 rings (SSSR count). The van der Waals surface area contributed by atoms with E-state index in [1.54, 1.807) is 16.8 Å². The van der Waals surface area contributed by atoms with E-state index in [0.717, 1.165) is 16.9 Å². The lowest BCUT2D eigenvalue weighted by atomic mass is 10.2. The van der Waals surface area contributed by atoms with Gasteiger partial charge in [0, 0.05) is 23.0 Å². The first-order chi connectivity index (χ1) is 12.0. The van der Waals surface area contributed by atoms with Crippen molar-refractivity contribution in [3.63, 3.8) is 0 Å². The molecule has 0 atom stereocenters. The molecule has 1 aromatic heterocycles. The zero-order valence-corrected chi connectivity index (χ0v) is 14.9. The van der Waals surface area contributed by atoms with Crippen LogP contribution in [0, 0.1) is 19.7 Å². The van der Waals surface area contributed by atoms with E-state index in [1.165, 1.54) is 6.07 Å². The molecule has 0 bridgehead atoms. The van der Waals surface area contributed by atoms with Gasteiger partial charge in [-0.2, -0.15) is 5.10 Å². The second-order valence-electron chi connectivity index (χ2n) is 5.81. The number of benzene rings is 2. The summed E-state index contributed by atoms with van der Waals surface area (Å²) in [6.45, 7) is 4.31. The first kappa shape index (κ1) is 17.1. The van der Waals surface area contributed by atoms with Crippen LogP contribution in [0.4, 0.5) is 15.9 Å². The topological polar surface area (TPSA) is 41.9 Å². The van der Waals surface area contributed by atoms with Crippen LogP contribution in [-0.2, 0) is 6.54 Å². The van der Waals surface area contributed by atoms with Gasteiger partial charge in [-0.15, -0.1) is 0 Å². The molecular weight excluding hydrogens is 335 g/mol. The summed E-state index contributed by atoms with van der Waals surface area (Å²) < 4.78 is 15.6. The molecule has 4 nitrogen and oxygen atoms in total. The Labute approximate surface area is 151 Å². The summed E-state index contributed by atoms with van der Waals surface area (Å²) in [5.74, 6) is 0.392. The number of aryl methyl sites for hydroxylation is 2. The highest BCUT2D eigenvalue weighted by atomic mass is 32.1. The third-order valence-electron chi connectivity index (χ3n) is 3.89. The van der Waals surface area contributed by atoms with Crippen LogP contribution in [0.25, 0.3) is 0 Å². The van der Waals surface area contributed by atoms with Crippen molar-refractivity contribution in [2.75, 3.05) is 10.6 Å². The minimum absolute atomic E-state index is 0.233. The second-order valence-corrected chi connectivity index (χ2v) is 6.22. The zero-order valence-electron chi connectivity index (χ0n) is 14.1. The number of nitrogens with zero attached hydrogens (tertiary/aromatic N) is 2. The highest BCUT2D eigenvalue weighted by molar-refractivity contribution is 7.80. The van der Waals surface area contributed by atoms with E-state index in [-0.39, 0.29) is 5.82 Å². The zero-order chi connectivity index (χ0) is 17.8. The van der Waals surface area contributed by atoms with Gasteiger partial charge in [-0.25, -0.2) is 4.39 Å². The van der Waals surface area contributed by atoms with Gasteiger partial charge in [0.25, 0.3) is 0 Å². The number of hydrogen-bond acceptors (Lipinski definition) is 2. The van der Waals surface area contributed by atoms with Crippen molar-refractivity contribution in [2.24, 2.45) is 0 Å². The van der Waals surface area contributed by atoms with Crippen LogP contribution in [0.15, 0.2) is 54.6 Å². The van der Waals surface area contributed by atoms with Gasteiger partial charge in [0.15, 0.2) is 10.9 Å². The molecule has 0 aliphatic heterocycles. The molecule has 0 fully saturated rings. The van der Waals surface area contributed by atoms with Crippen molar-refractivity contribution in [2.45, 2.75) is 20.4 Å². The Morgan fingerprint density at radius 1 is 1.08 bits per heavy atom. The molecule has 0 amide bonds. The van der Waals surface area contributed by atoms with Gasteiger partial charge in [-0.05, 0) is 43.8 Å². The van der Waals surface area contributed by atoms with Crippen LogP contribution in [0.3, 0.4) is 0 Å². The number of thiocarbonyl (C=S) groups is 1. The molecule has 0 radical (unpaired) electrons. The van der Waals surface area contributed by atoms with E-state index < -0.39 is 0 Å². The molecule has 3 aromatic rings. The first-order valence-corrected chi connectivity index (χ1v) is 8.35. The molecule has 25 heavy (non-hydrogen) atoms. The normalized spacial score (nSPS) is 10.5. The standard InChI is InChI=1S/C19H19FN4S/c1-13-7-3-6-10-17(13)21-19(25)22-18-11-14(2)24(23-18)12-15-8-4-5-9-16(15)20/h3-11H,12H2,1-2H3,(H2,21,22,23,25). The van der Waals surface area contributed by atoms with Gasteiger partial charge < -0.3 is 10.6 Å². The smallest absolute Gasteiger partial charge is 0.176 e. The Balaban J connectivity index is 1.69. The van der Waals surface area contributed by atoms with Gasteiger partial charge in [-0.1, -0.05) is 36.4 Å². The maximum atomic E-state index is 13.8. The van der Waals surface area contributed by atoms with Gasteiger partial charge in [-0.3, -0.25) is 4.68 Å². The number of anilines is 2. The summed E-state index contributed by atoms with van der Waals surface area (Å²) >= 11 is 5.35. The third kappa shape index (κ3) is 4.22. The van der Waals surface area contributed by atoms with Crippen molar-refractivity contribution < 1.29 is 4.39 Å². The highest BCUT2D eigenvalue weighted by Gasteiger charge is 2.09. The van der Waals surface area contributed by atoms with E-state index in [1.807, 2.05) is 50.2 Å².